The summed E-state index contributed by atoms with van der Waals surface area (Å²) in [5.41, 5.74) is 1.80. The highest BCUT2D eigenvalue weighted by molar-refractivity contribution is 9.10. The zero-order valence-electron chi connectivity index (χ0n) is 15.0. The molecule has 8 heteroatoms. The van der Waals surface area contributed by atoms with Crippen molar-refractivity contribution in [3.05, 3.63) is 28.2 Å². The molecule has 1 amide bonds. The number of aryl methyl sites for hydroxylation is 1. The van der Waals surface area contributed by atoms with Crippen LogP contribution in [0.4, 0.5) is 5.69 Å². The lowest BCUT2D eigenvalue weighted by molar-refractivity contribution is -0.115. The van der Waals surface area contributed by atoms with Crippen molar-refractivity contribution in [3.8, 4) is 0 Å². The average Bonchev–Trinajstić information content (AvgIpc) is 2.60. The van der Waals surface area contributed by atoms with E-state index in [2.05, 4.69) is 36.9 Å². The van der Waals surface area contributed by atoms with Crippen LogP contribution in [0.1, 0.15) is 12.0 Å². The Balaban J connectivity index is 2.25. The predicted molar refractivity (Wildman–Crippen MR) is 104 cm³/mol. The van der Waals surface area contributed by atoms with E-state index >= 15 is 0 Å². The Bertz CT molecular complexity index is 567. The van der Waals surface area contributed by atoms with E-state index in [1.54, 1.807) is 14.2 Å². The van der Waals surface area contributed by atoms with Crippen LogP contribution in [0, 0.1) is 6.92 Å². The maximum absolute atomic E-state index is 12.1. The number of benzene rings is 1. The van der Waals surface area contributed by atoms with Crippen LogP contribution in [0.3, 0.4) is 0 Å². The average molecular weight is 415 g/mol. The third-order valence-electron chi connectivity index (χ3n) is 3.30. The quantitative estimate of drug-likeness (QED) is 0.309. The summed E-state index contributed by atoms with van der Waals surface area (Å²) in [4.78, 5) is 16.2. The number of guanidine groups is 1. The summed E-state index contributed by atoms with van der Waals surface area (Å²) in [5, 5.41) is 9.01. The molecule has 0 radical (unpaired) electrons. The highest BCUT2D eigenvalue weighted by Gasteiger charge is 2.06. The van der Waals surface area contributed by atoms with E-state index in [0.717, 1.165) is 22.1 Å². The van der Waals surface area contributed by atoms with E-state index in [9.17, 15) is 4.79 Å². The van der Waals surface area contributed by atoms with Gasteiger partial charge < -0.3 is 25.4 Å². The van der Waals surface area contributed by atoms with Gasteiger partial charge in [0.15, 0.2) is 5.96 Å². The second kappa shape index (κ2) is 12.7. The first-order chi connectivity index (χ1) is 12.1. The molecule has 0 saturated heterocycles. The van der Waals surface area contributed by atoms with Gasteiger partial charge in [0.05, 0.1) is 19.8 Å². The standard InChI is InChI=1S/C17H27BrN4O3/c1-13-5-6-14(18)11-15(13)22-16(23)12-21-17(19-2)20-7-4-8-25-10-9-24-3/h5-6,11H,4,7-10,12H2,1-3H3,(H,22,23)(H2,19,20,21). The first-order valence-electron chi connectivity index (χ1n) is 8.14. The van der Waals surface area contributed by atoms with Crippen LogP contribution in [-0.4, -0.2) is 58.9 Å². The van der Waals surface area contributed by atoms with Gasteiger partial charge in [0, 0.05) is 37.5 Å². The lowest BCUT2D eigenvalue weighted by Gasteiger charge is -2.13. The topological polar surface area (TPSA) is 84.0 Å². The minimum absolute atomic E-state index is 0.132. The minimum atomic E-state index is -0.132. The first kappa shape index (κ1) is 21.4. The Morgan fingerprint density at radius 1 is 1.24 bits per heavy atom. The molecule has 0 unspecified atom stereocenters. The van der Waals surface area contributed by atoms with Crippen LogP contribution in [0.15, 0.2) is 27.7 Å². The molecule has 0 aliphatic heterocycles. The van der Waals surface area contributed by atoms with Gasteiger partial charge in [-0.2, -0.15) is 0 Å². The summed E-state index contributed by atoms with van der Waals surface area (Å²) in [6.45, 7) is 4.64. The van der Waals surface area contributed by atoms with Gasteiger partial charge in [0.25, 0.3) is 0 Å². The number of anilines is 1. The largest absolute Gasteiger partial charge is 0.382 e. The molecule has 0 aromatic heterocycles. The van der Waals surface area contributed by atoms with E-state index in [1.807, 2.05) is 25.1 Å². The fraction of sp³-hybridized carbons (Fsp3) is 0.529. The van der Waals surface area contributed by atoms with Gasteiger partial charge >= 0.3 is 0 Å². The number of nitrogens with one attached hydrogen (secondary N) is 3. The van der Waals surface area contributed by atoms with Crippen molar-refractivity contribution in [1.82, 2.24) is 10.6 Å². The Morgan fingerprint density at radius 3 is 2.76 bits per heavy atom. The van der Waals surface area contributed by atoms with Crippen molar-refractivity contribution in [1.29, 1.82) is 0 Å². The van der Waals surface area contributed by atoms with E-state index < -0.39 is 0 Å². The zero-order chi connectivity index (χ0) is 18.5. The molecule has 0 bridgehead atoms. The van der Waals surface area contributed by atoms with E-state index in [0.29, 0.717) is 32.3 Å². The van der Waals surface area contributed by atoms with E-state index in [-0.39, 0.29) is 12.5 Å². The number of hydrogen-bond acceptors (Lipinski definition) is 4. The van der Waals surface area contributed by atoms with Crippen LogP contribution in [0.5, 0.6) is 0 Å². The van der Waals surface area contributed by atoms with Gasteiger partial charge in [0.2, 0.25) is 5.91 Å². The summed E-state index contributed by atoms with van der Waals surface area (Å²) in [5.74, 6) is 0.449. The Morgan fingerprint density at radius 2 is 2.04 bits per heavy atom. The number of nitrogens with zero attached hydrogens (tertiary/aromatic N) is 1. The summed E-state index contributed by atoms with van der Waals surface area (Å²) in [6.07, 6.45) is 0.841. The highest BCUT2D eigenvalue weighted by atomic mass is 79.9. The molecule has 0 heterocycles. The molecule has 0 aliphatic carbocycles. The molecule has 1 rings (SSSR count). The van der Waals surface area contributed by atoms with Gasteiger partial charge in [-0.1, -0.05) is 22.0 Å². The minimum Gasteiger partial charge on any atom is -0.382 e. The number of rotatable bonds is 10. The first-order valence-corrected chi connectivity index (χ1v) is 8.93. The number of carbonyl (C=O) groups is 1. The molecular weight excluding hydrogens is 388 g/mol. The molecule has 7 nitrogen and oxygen atoms in total. The van der Waals surface area contributed by atoms with Crippen LogP contribution < -0.4 is 16.0 Å². The highest BCUT2D eigenvalue weighted by Crippen LogP contribution is 2.20. The number of halogens is 1. The second-order valence-electron chi connectivity index (χ2n) is 5.32. The molecule has 0 spiro atoms. The predicted octanol–water partition coefficient (Wildman–Crippen LogP) is 1.91. The number of ether oxygens (including phenoxy) is 2. The molecule has 3 N–H and O–H groups in total. The molecule has 1 aromatic carbocycles. The fourth-order valence-electron chi connectivity index (χ4n) is 1.93. The molecule has 140 valence electrons. The Hall–Kier alpha value is -1.64. The summed E-state index contributed by atoms with van der Waals surface area (Å²) in [7, 11) is 3.31. The summed E-state index contributed by atoms with van der Waals surface area (Å²) >= 11 is 3.40. The number of carbonyl (C=O) groups excluding carboxylic acids is 1. The smallest absolute Gasteiger partial charge is 0.243 e. The lowest BCUT2D eigenvalue weighted by atomic mass is 10.2. The normalized spacial score (nSPS) is 11.3. The molecule has 0 saturated carbocycles. The van der Waals surface area contributed by atoms with Crippen molar-refractivity contribution in [2.24, 2.45) is 4.99 Å². The maximum Gasteiger partial charge on any atom is 0.243 e. The molecular formula is C17H27BrN4O3. The van der Waals surface area contributed by atoms with Gasteiger partial charge in [-0.3, -0.25) is 9.79 Å². The van der Waals surface area contributed by atoms with Gasteiger partial charge in [-0.25, -0.2) is 0 Å². The number of methoxy groups -OCH3 is 1. The van der Waals surface area contributed by atoms with Gasteiger partial charge in [-0.15, -0.1) is 0 Å². The molecule has 0 fully saturated rings. The number of amides is 1. The van der Waals surface area contributed by atoms with E-state index in [4.69, 9.17) is 9.47 Å². The van der Waals surface area contributed by atoms with Gasteiger partial charge in [-0.05, 0) is 31.0 Å². The lowest BCUT2D eigenvalue weighted by Crippen LogP contribution is -2.41. The molecule has 25 heavy (non-hydrogen) atoms. The van der Waals surface area contributed by atoms with Crippen molar-refractivity contribution in [2.45, 2.75) is 13.3 Å². The number of aliphatic imine (C=N–C) groups is 1. The fourth-order valence-corrected chi connectivity index (χ4v) is 2.29. The van der Waals surface area contributed by atoms with E-state index in [1.165, 1.54) is 0 Å². The third-order valence-corrected chi connectivity index (χ3v) is 3.80. The number of hydrogen-bond donors (Lipinski definition) is 3. The van der Waals surface area contributed by atoms with Crippen LogP contribution >= 0.6 is 15.9 Å². The SMILES string of the molecule is CN=C(NCCCOCCOC)NCC(=O)Nc1cc(Br)ccc1C. The van der Waals surface area contributed by atoms with Crippen molar-refractivity contribution >= 4 is 33.5 Å². The Labute approximate surface area is 157 Å². The molecule has 1 aromatic rings. The summed E-state index contributed by atoms with van der Waals surface area (Å²) < 4.78 is 11.2. The second-order valence-corrected chi connectivity index (χ2v) is 6.23. The molecule has 0 atom stereocenters. The monoisotopic (exact) mass is 414 g/mol. The Kier molecular flexibility index (Phi) is 10.9. The maximum atomic E-state index is 12.1. The van der Waals surface area contributed by atoms with Crippen molar-refractivity contribution in [3.63, 3.8) is 0 Å². The van der Waals surface area contributed by atoms with Crippen LogP contribution in [-0.2, 0) is 14.3 Å². The zero-order valence-corrected chi connectivity index (χ0v) is 16.6. The van der Waals surface area contributed by atoms with Crippen LogP contribution in [0.2, 0.25) is 0 Å². The summed E-state index contributed by atoms with van der Waals surface area (Å²) in [6, 6.07) is 5.76. The van der Waals surface area contributed by atoms with Crippen molar-refractivity contribution < 1.29 is 14.3 Å². The van der Waals surface area contributed by atoms with Crippen molar-refractivity contribution in [2.75, 3.05) is 52.4 Å². The van der Waals surface area contributed by atoms with Crippen LogP contribution in [0.25, 0.3) is 0 Å². The van der Waals surface area contributed by atoms with Gasteiger partial charge in [0.1, 0.15) is 0 Å². The molecule has 0 aliphatic rings. The third kappa shape index (κ3) is 9.42.